The van der Waals surface area contributed by atoms with Gasteiger partial charge >= 0.3 is 6.09 Å². The number of nitrogens with zero attached hydrogens (tertiary/aromatic N) is 6. The van der Waals surface area contributed by atoms with Crippen molar-refractivity contribution in [2.24, 2.45) is 7.05 Å². The van der Waals surface area contributed by atoms with E-state index in [1.165, 1.54) is 0 Å². The molecule has 4 aromatic rings. The van der Waals surface area contributed by atoms with Crippen LogP contribution < -0.4 is 4.90 Å². The van der Waals surface area contributed by atoms with Gasteiger partial charge in [-0.25, -0.2) is 9.78 Å². The molecule has 0 spiro atoms. The number of hydrogen-bond donors (Lipinski definition) is 0. The van der Waals surface area contributed by atoms with Crippen LogP contribution in [-0.4, -0.2) is 62.5 Å². The molecule has 8 nitrogen and oxygen atoms in total. The fourth-order valence-corrected chi connectivity index (χ4v) is 4.34. The highest BCUT2D eigenvalue weighted by Gasteiger charge is 2.26. The molecule has 35 heavy (non-hydrogen) atoms. The van der Waals surface area contributed by atoms with Crippen molar-refractivity contribution in [3.8, 4) is 22.3 Å². The zero-order valence-electron chi connectivity index (χ0n) is 20.6. The molecule has 0 bridgehead atoms. The maximum Gasteiger partial charge on any atom is 0.410 e. The normalized spacial score (nSPS) is 14.4. The summed E-state index contributed by atoms with van der Waals surface area (Å²) < 4.78 is 7.31. The predicted molar refractivity (Wildman–Crippen MR) is 137 cm³/mol. The Balaban J connectivity index is 1.37. The molecule has 4 heterocycles. The average molecular weight is 471 g/mol. The van der Waals surface area contributed by atoms with Crippen molar-refractivity contribution in [3.63, 3.8) is 0 Å². The van der Waals surface area contributed by atoms with Crippen LogP contribution in [0.4, 0.5) is 10.6 Å². The first-order chi connectivity index (χ1) is 16.8. The third-order valence-electron chi connectivity index (χ3n) is 6.07. The molecule has 0 radical (unpaired) electrons. The van der Waals surface area contributed by atoms with Crippen LogP contribution in [0.3, 0.4) is 0 Å². The van der Waals surface area contributed by atoms with Gasteiger partial charge in [-0.15, -0.1) is 0 Å². The summed E-state index contributed by atoms with van der Waals surface area (Å²) in [6, 6.07) is 12.5. The van der Waals surface area contributed by atoms with E-state index in [4.69, 9.17) is 9.72 Å². The van der Waals surface area contributed by atoms with Crippen molar-refractivity contribution in [2.45, 2.75) is 26.4 Å². The first-order valence-corrected chi connectivity index (χ1v) is 11.8. The van der Waals surface area contributed by atoms with Gasteiger partial charge in [0, 0.05) is 68.3 Å². The van der Waals surface area contributed by atoms with Gasteiger partial charge in [-0.05, 0) is 62.2 Å². The van der Waals surface area contributed by atoms with Gasteiger partial charge in [-0.3, -0.25) is 9.67 Å². The number of fused-ring (bicyclic) bond motifs is 1. The van der Waals surface area contributed by atoms with Crippen LogP contribution in [0.2, 0.25) is 0 Å². The summed E-state index contributed by atoms with van der Waals surface area (Å²) in [7, 11) is 1.92. The monoisotopic (exact) mass is 470 g/mol. The standard InChI is InChI=1S/C27H30N6O2/c1-27(2,3)35-26(34)33-12-10-32(11-13-33)25-8-7-19(16-29-25)23-14-20(21-17-30-31(4)18-21)15-24-22(23)6-5-9-28-24/h5-9,14-18H,10-13H2,1-4H3. The molecule has 0 saturated carbocycles. The summed E-state index contributed by atoms with van der Waals surface area (Å²) >= 11 is 0. The Morgan fingerprint density at radius 3 is 2.40 bits per heavy atom. The minimum Gasteiger partial charge on any atom is -0.444 e. The minimum atomic E-state index is -0.486. The van der Waals surface area contributed by atoms with Gasteiger partial charge in [-0.1, -0.05) is 6.07 Å². The highest BCUT2D eigenvalue weighted by Crippen LogP contribution is 2.33. The molecule has 0 aliphatic carbocycles. The maximum atomic E-state index is 12.4. The fourth-order valence-electron chi connectivity index (χ4n) is 4.34. The number of aryl methyl sites for hydroxylation is 1. The lowest BCUT2D eigenvalue weighted by Crippen LogP contribution is -2.50. The van der Waals surface area contributed by atoms with E-state index in [0.717, 1.165) is 52.1 Å². The Kier molecular flexibility index (Phi) is 5.88. The minimum absolute atomic E-state index is 0.255. The summed E-state index contributed by atoms with van der Waals surface area (Å²) in [5, 5.41) is 5.40. The van der Waals surface area contributed by atoms with Crippen molar-refractivity contribution >= 4 is 22.8 Å². The zero-order chi connectivity index (χ0) is 24.6. The molecule has 1 aromatic carbocycles. The van der Waals surface area contributed by atoms with Crippen LogP contribution in [0.1, 0.15) is 20.8 Å². The van der Waals surface area contributed by atoms with E-state index in [9.17, 15) is 4.79 Å². The molecule has 5 rings (SSSR count). The summed E-state index contributed by atoms with van der Waals surface area (Å²) in [5.74, 6) is 0.906. The van der Waals surface area contributed by atoms with Gasteiger partial charge in [0.1, 0.15) is 11.4 Å². The van der Waals surface area contributed by atoms with E-state index in [-0.39, 0.29) is 6.09 Å². The SMILES string of the molecule is Cn1cc(-c2cc(-c3ccc(N4CCN(C(=O)OC(C)(C)C)CC4)nc3)c3cccnc3c2)cn1. The first kappa shape index (κ1) is 22.8. The molecule has 0 N–H and O–H groups in total. The molecule has 1 fully saturated rings. The molecule has 1 aliphatic rings. The Labute approximate surface area is 205 Å². The number of piperazine rings is 1. The molecule has 0 unspecified atom stereocenters. The second-order valence-corrected chi connectivity index (χ2v) is 9.86. The molecule has 3 aromatic heterocycles. The predicted octanol–water partition coefficient (Wildman–Crippen LogP) is 4.75. The topological polar surface area (TPSA) is 76.4 Å². The van der Waals surface area contributed by atoms with Gasteiger partial charge in [0.05, 0.1) is 11.7 Å². The van der Waals surface area contributed by atoms with Crippen molar-refractivity contribution in [1.29, 1.82) is 0 Å². The number of amides is 1. The van der Waals surface area contributed by atoms with Crippen LogP contribution in [0.15, 0.2) is 61.2 Å². The van der Waals surface area contributed by atoms with Crippen LogP contribution in [0, 0.1) is 0 Å². The third kappa shape index (κ3) is 4.96. The third-order valence-corrected chi connectivity index (χ3v) is 6.07. The number of anilines is 1. The van der Waals surface area contributed by atoms with Gasteiger partial charge in [-0.2, -0.15) is 5.10 Å². The average Bonchev–Trinajstić information content (AvgIpc) is 3.29. The van der Waals surface area contributed by atoms with Gasteiger partial charge in [0.2, 0.25) is 0 Å². The molecule has 0 atom stereocenters. The van der Waals surface area contributed by atoms with E-state index in [1.807, 2.05) is 58.7 Å². The van der Waals surface area contributed by atoms with E-state index < -0.39 is 5.60 Å². The summed E-state index contributed by atoms with van der Waals surface area (Å²) in [6.45, 7) is 8.32. The highest BCUT2D eigenvalue weighted by molar-refractivity contribution is 5.98. The Morgan fingerprint density at radius 2 is 1.74 bits per heavy atom. The number of aromatic nitrogens is 4. The number of carbonyl (C=O) groups is 1. The number of rotatable bonds is 3. The maximum absolute atomic E-state index is 12.4. The highest BCUT2D eigenvalue weighted by atomic mass is 16.6. The number of ether oxygens (including phenoxy) is 1. The van der Waals surface area contributed by atoms with Crippen molar-refractivity contribution in [2.75, 3.05) is 31.1 Å². The second kappa shape index (κ2) is 9.02. The molecule has 1 aliphatic heterocycles. The summed E-state index contributed by atoms with van der Waals surface area (Å²) in [4.78, 5) is 25.7. The lowest BCUT2D eigenvalue weighted by atomic mass is 9.97. The Bertz CT molecular complexity index is 1350. The molecule has 1 saturated heterocycles. The van der Waals surface area contributed by atoms with E-state index >= 15 is 0 Å². The second-order valence-electron chi connectivity index (χ2n) is 9.86. The van der Waals surface area contributed by atoms with Crippen molar-refractivity contribution in [3.05, 3.63) is 61.2 Å². The van der Waals surface area contributed by atoms with Gasteiger partial charge in [0.15, 0.2) is 0 Å². The molecular formula is C27H30N6O2. The number of hydrogen-bond acceptors (Lipinski definition) is 6. The van der Waals surface area contributed by atoms with Crippen molar-refractivity contribution < 1.29 is 9.53 Å². The number of pyridine rings is 2. The van der Waals surface area contributed by atoms with E-state index in [1.54, 1.807) is 9.58 Å². The van der Waals surface area contributed by atoms with Crippen molar-refractivity contribution in [1.82, 2.24) is 24.6 Å². The van der Waals surface area contributed by atoms with E-state index in [0.29, 0.717) is 13.1 Å². The Hall–Kier alpha value is -3.94. The molecule has 8 heteroatoms. The number of carbonyl (C=O) groups excluding carboxylic acids is 1. The lowest BCUT2D eigenvalue weighted by Gasteiger charge is -2.36. The summed E-state index contributed by atoms with van der Waals surface area (Å²) in [5.41, 5.74) is 4.69. The van der Waals surface area contributed by atoms with E-state index in [2.05, 4.69) is 45.3 Å². The van der Waals surface area contributed by atoms with Crippen LogP contribution in [-0.2, 0) is 11.8 Å². The van der Waals surface area contributed by atoms with Crippen LogP contribution >= 0.6 is 0 Å². The van der Waals surface area contributed by atoms with Gasteiger partial charge in [0.25, 0.3) is 0 Å². The molecule has 1 amide bonds. The molecular weight excluding hydrogens is 440 g/mol. The lowest BCUT2D eigenvalue weighted by molar-refractivity contribution is 0.0240. The largest absolute Gasteiger partial charge is 0.444 e. The zero-order valence-corrected chi connectivity index (χ0v) is 20.6. The number of benzene rings is 1. The quantitative estimate of drug-likeness (QED) is 0.430. The van der Waals surface area contributed by atoms with Crippen LogP contribution in [0.5, 0.6) is 0 Å². The smallest absolute Gasteiger partial charge is 0.410 e. The fraction of sp³-hybridized carbons (Fsp3) is 0.333. The Morgan fingerprint density at radius 1 is 0.943 bits per heavy atom. The summed E-state index contributed by atoms with van der Waals surface area (Å²) in [6.07, 6.45) is 7.36. The molecule has 180 valence electrons. The first-order valence-electron chi connectivity index (χ1n) is 11.8. The van der Waals surface area contributed by atoms with Gasteiger partial charge < -0.3 is 14.5 Å². The van der Waals surface area contributed by atoms with Crippen LogP contribution in [0.25, 0.3) is 33.2 Å².